The van der Waals surface area contributed by atoms with Crippen LogP contribution in [0.15, 0.2) is 0 Å². The Morgan fingerprint density at radius 2 is 1.94 bits per heavy atom. The number of aliphatic hydroxyl groups excluding tert-OH is 3. The summed E-state index contributed by atoms with van der Waals surface area (Å²) in [4.78, 5) is 13.5. The molecule has 0 aromatic rings. The van der Waals surface area contributed by atoms with Crippen LogP contribution in [0.2, 0.25) is 0 Å². The third-order valence-electron chi connectivity index (χ3n) is 4.66. The largest absolute Gasteiger partial charge is 0.391 e. The van der Waals surface area contributed by atoms with Crippen LogP contribution in [0.5, 0.6) is 0 Å². The fourth-order valence-corrected chi connectivity index (χ4v) is 3.83. The van der Waals surface area contributed by atoms with Crippen molar-refractivity contribution in [3.8, 4) is 0 Å². The summed E-state index contributed by atoms with van der Waals surface area (Å²) >= 11 is 0. The first-order valence-electron chi connectivity index (χ1n) is 6.39. The highest BCUT2D eigenvalue weighted by Crippen LogP contribution is 2.40. The molecule has 0 spiro atoms. The molecular weight excluding hydrogens is 222 g/mol. The SMILES string of the molecule is O=C1CCC2C[C@@H](O)[C@@H]3[C@H](O)[C@H](O)CN3C2C1. The van der Waals surface area contributed by atoms with E-state index in [-0.39, 0.29) is 11.8 Å². The van der Waals surface area contributed by atoms with Crippen molar-refractivity contribution in [2.24, 2.45) is 5.92 Å². The molecule has 6 atom stereocenters. The van der Waals surface area contributed by atoms with Gasteiger partial charge in [-0.2, -0.15) is 0 Å². The molecule has 2 heterocycles. The van der Waals surface area contributed by atoms with Crippen molar-refractivity contribution in [3.63, 3.8) is 0 Å². The van der Waals surface area contributed by atoms with Crippen molar-refractivity contribution >= 4 is 5.78 Å². The van der Waals surface area contributed by atoms with Gasteiger partial charge in [-0.25, -0.2) is 0 Å². The first-order valence-corrected chi connectivity index (χ1v) is 6.39. The molecule has 3 rings (SSSR count). The predicted molar refractivity (Wildman–Crippen MR) is 59.3 cm³/mol. The van der Waals surface area contributed by atoms with Crippen LogP contribution in [-0.2, 0) is 4.79 Å². The van der Waals surface area contributed by atoms with Gasteiger partial charge in [0.25, 0.3) is 0 Å². The summed E-state index contributed by atoms with van der Waals surface area (Å²) in [6.07, 6.45) is 0.314. The molecule has 96 valence electrons. The first-order chi connectivity index (χ1) is 8.08. The summed E-state index contributed by atoms with van der Waals surface area (Å²) in [5, 5.41) is 29.7. The summed E-state index contributed by atoms with van der Waals surface area (Å²) < 4.78 is 0. The molecule has 2 unspecified atom stereocenters. The topological polar surface area (TPSA) is 81.0 Å². The Hall–Kier alpha value is -0.490. The number of piperidine rings is 1. The molecule has 1 aliphatic carbocycles. The number of carbonyl (C=O) groups is 1. The fourth-order valence-electron chi connectivity index (χ4n) is 3.83. The molecule has 0 radical (unpaired) electrons. The van der Waals surface area contributed by atoms with Crippen LogP contribution in [0, 0.1) is 5.92 Å². The van der Waals surface area contributed by atoms with Gasteiger partial charge in [-0.1, -0.05) is 0 Å². The maximum absolute atomic E-state index is 11.5. The van der Waals surface area contributed by atoms with E-state index < -0.39 is 24.4 Å². The average Bonchev–Trinajstić information content (AvgIpc) is 2.58. The summed E-state index contributed by atoms with van der Waals surface area (Å²) in [6.45, 7) is 0.372. The van der Waals surface area contributed by atoms with Crippen molar-refractivity contribution < 1.29 is 20.1 Å². The van der Waals surface area contributed by atoms with Gasteiger partial charge < -0.3 is 15.3 Å². The molecule has 3 fully saturated rings. The monoisotopic (exact) mass is 241 g/mol. The molecule has 17 heavy (non-hydrogen) atoms. The van der Waals surface area contributed by atoms with E-state index in [4.69, 9.17) is 0 Å². The Kier molecular flexibility index (Phi) is 2.74. The molecule has 2 aliphatic heterocycles. The molecule has 0 amide bonds. The Bertz CT molecular complexity index is 334. The van der Waals surface area contributed by atoms with Crippen LogP contribution in [0.3, 0.4) is 0 Å². The van der Waals surface area contributed by atoms with Gasteiger partial charge in [-0.15, -0.1) is 0 Å². The number of Topliss-reactive ketones (excluding diaryl/α,β-unsaturated/α-hetero) is 1. The number of ketones is 1. The van der Waals surface area contributed by atoms with E-state index in [0.717, 1.165) is 6.42 Å². The molecule has 5 heteroatoms. The fraction of sp³-hybridized carbons (Fsp3) is 0.917. The zero-order valence-corrected chi connectivity index (χ0v) is 9.70. The highest BCUT2D eigenvalue weighted by atomic mass is 16.3. The molecule has 0 aromatic carbocycles. The highest BCUT2D eigenvalue weighted by Gasteiger charge is 2.52. The van der Waals surface area contributed by atoms with E-state index >= 15 is 0 Å². The van der Waals surface area contributed by atoms with Crippen LogP contribution in [-0.4, -0.2) is 62.9 Å². The van der Waals surface area contributed by atoms with Crippen LogP contribution >= 0.6 is 0 Å². The number of aliphatic hydroxyl groups is 3. The Balaban J connectivity index is 1.86. The zero-order chi connectivity index (χ0) is 12.2. The lowest BCUT2D eigenvalue weighted by Gasteiger charge is -2.47. The average molecular weight is 241 g/mol. The molecule has 5 nitrogen and oxygen atoms in total. The van der Waals surface area contributed by atoms with Gasteiger partial charge in [-0.3, -0.25) is 9.69 Å². The number of fused-ring (bicyclic) bond motifs is 3. The summed E-state index contributed by atoms with van der Waals surface area (Å²) in [5.41, 5.74) is 0. The number of hydrogen-bond acceptors (Lipinski definition) is 5. The molecular formula is C12H19NO4. The minimum atomic E-state index is -0.886. The van der Waals surface area contributed by atoms with Gasteiger partial charge in [0.2, 0.25) is 0 Å². The first kappa shape index (κ1) is 11.6. The van der Waals surface area contributed by atoms with E-state index in [9.17, 15) is 20.1 Å². The number of nitrogens with zero attached hydrogens (tertiary/aromatic N) is 1. The lowest BCUT2D eigenvalue weighted by atomic mass is 9.75. The van der Waals surface area contributed by atoms with Crippen molar-refractivity contribution in [3.05, 3.63) is 0 Å². The lowest BCUT2D eigenvalue weighted by molar-refractivity contribution is -0.129. The van der Waals surface area contributed by atoms with Crippen molar-refractivity contribution in [2.75, 3.05) is 6.54 Å². The van der Waals surface area contributed by atoms with E-state index in [0.29, 0.717) is 31.7 Å². The lowest BCUT2D eigenvalue weighted by Crippen LogP contribution is -2.58. The minimum absolute atomic E-state index is 0.108. The van der Waals surface area contributed by atoms with Crippen LogP contribution in [0.25, 0.3) is 0 Å². The standard InChI is InChI=1S/C12H19NO4/c14-7-2-1-6-3-9(15)11-12(17)10(16)5-13(11)8(6)4-7/h6,8-12,15-17H,1-5H2/t6?,8?,9-,10-,11-,12-/m1/s1. The van der Waals surface area contributed by atoms with Crippen LogP contribution in [0.4, 0.5) is 0 Å². The Morgan fingerprint density at radius 1 is 1.18 bits per heavy atom. The summed E-state index contributed by atoms with van der Waals surface area (Å²) in [7, 11) is 0. The number of carbonyl (C=O) groups excluding carboxylic acids is 1. The van der Waals surface area contributed by atoms with Gasteiger partial charge in [0.15, 0.2) is 0 Å². The zero-order valence-electron chi connectivity index (χ0n) is 9.70. The maximum atomic E-state index is 11.5. The molecule has 1 saturated carbocycles. The van der Waals surface area contributed by atoms with Gasteiger partial charge in [0.05, 0.1) is 24.4 Å². The second-order valence-corrected chi connectivity index (χ2v) is 5.66. The quantitative estimate of drug-likeness (QED) is 0.501. The second-order valence-electron chi connectivity index (χ2n) is 5.66. The third kappa shape index (κ3) is 1.73. The summed E-state index contributed by atoms with van der Waals surface area (Å²) in [6, 6.07) is -0.284. The molecule has 0 bridgehead atoms. The number of rotatable bonds is 0. The Morgan fingerprint density at radius 3 is 2.71 bits per heavy atom. The molecule has 3 N–H and O–H groups in total. The van der Waals surface area contributed by atoms with E-state index in [2.05, 4.69) is 0 Å². The van der Waals surface area contributed by atoms with Crippen molar-refractivity contribution in [1.82, 2.24) is 4.90 Å². The molecule has 3 aliphatic rings. The van der Waals surface area contributed by atoms with Gasteiger partial charge >= 0.3 is 0 Å². The normalized spacial score (nSPS) is 51.1. The highest BCUT2D eigenvalue weighted by molar-refractivity contribution is 5.80. The van der Waals surface area contributed by atoms with Crippen molar-refractivity contribution in [2.45, 2.75) is 56.1 Å². The van der Waals surface area contributed by atoms with Gasteiger partial charge in [0.1, 0.15) is 5.78 Å². The van der Waals surface area contributed by atoms with Crippen LogP contribution < -0.4 is 0 Å². The van der Waals surface area contributed by atoms with E-state index in [1.165, 1.54) is 0 Å². The van der Waals surface area contributed by atoms with Crippen LogP contribution in [0.1, 0.15) is 25.7 Å². The van der Waals surface area contributed by atoms with E-state index in [1.807, 2.05) is 4.90 Å². The summed E-state index contributed by atoms with van der Waals surface area (Å²) in [5.74, 6) is 0.591. The Labute approximate surface area is 100 Å². The van der Waals surface area contributed by atoms with Gasteiger partial charge in [-0.05, 0) is 18.8 Å². The minimum Gasteiger partial charge on any atom is -0.391 e. The second kappa shape index (κ2) is 4.02. The predicted octanol–water partition coefficient (Wildman–Crippen LogP) is -1.11. The maximum Gasteiger partial charge on any atom is 0.134 e. The van der Waals surface area contributed by atoms with Crippen molar-refractivity contribution in [1.29, 1.82) is 0 Å². The van der Waals surface area contributed by atoms with Gasteiger partial charge in [0, 0.05) is 25.4 Å². The molecule has 0 aromatic heterocycles. The third-order valence-corrected chi connectivity index (χ3v) is 4.66. The molecule has 2 saturated heterocycles. The van der Waals surface area contributed by atoms with E-state index in [1.54, 1.807) is 0 Å². The number of hydrogen-bond donors (Lipinski definition) is 3. The smallest absolute Gasteiger partial charge is 0.134 e.